The zero-order valence-electron chi connectivity index (χ0n) is 10.2. The average Bonchev–Trinajstić information content (AvgIpc) is 2.36. The van der Waals surface area contributed by atoms with Crippen LogP contribution in [-0.4, -0.2) is 5.91 Å². The number of benzene rings is 2. The van der Waals surface area contributed by atoms with Crippen molar-refractivity contribution in [2.75, 3.05) is 11.1 Å². The molecule has 2 aromatic carbocycles. The third-order valence-corrected chi connectivity index (χ3v) is 3.81. The summed E-state index contributed by atoms with van der Waals surface area (Å²) in [6.45, 7) is 1.86. The molecular formula is C14H12ClIN2O. The number of halogens is 2. The van der Waals surface area contributed by atoms with Gasteiger partial charge in [-0.1, -0.05) is 11.6 Å². The molecule has 19 heavy (non-hydrogen) atoms. The average molecular weight is 387 g/mol. The van der Waals surface area contributed by atoms with Gasteiger partial charge in [0.1, 0.15) is 0 Å². The van der Waals surface area contributed by atoms with Crippen molar-refractivity contribution < 1.29 is 4.79 Å². The van der Waals surface area contributed by atoms with Crippen LogP contribution in [0.4, 0.5) is 11.4 Å². The Morgan fingerprint density at radius 1 is 1.26 bits per heavy atom. The van der Waals surface area contributed by atoms with Gasteiger partial charge in [-0.2, -0.15) is 0 Å². The van der Waals surface area contributed by atoms with Gasteiger partial charge in [-0.25, -0.2) is 0 Å². The van der Waals surface area contributed by atoms with E-state index in [0.29, 0.717) is 22.0 Å². The number of anilines is 2. The molecule has 0 aromatic heterocycles. The SMILES string of the molecule is Cc1cc(N)c(NC(=O)c2ccc(I)cc2)cc1Cl. The summed E-state index contributed by atoms with van der Waals surface area (Å²) >= 11 is 8.22. The van der Waals surface area contributed by atoms with Gasteiger partial charge in [-0.15, -0.1) is 0 Å². The molecule has 5 heteroatoms. The molecule has 2 rings (SSSR count). The van der Waals surface area contributed by atoms with Crippen molar-refractivity contribution >= 4 is 51.5 Å². The number of carbonyl (C=O) groups is 1. The Morgan fingerprint density at radius 2 is 1.89 bits per heavy atom. The lowest BCUT2D eigenvalue weighted by atomic mass is 10.1. The number of nitrogens with one attached hydrogen (secondary N) is 1. The van der Waals surface area contributed by atoms with Crippen molar-refractivity contribution in [3.63, 3.8) is 0 Å². The third kappa shape index (κ3) is 3.39. The molecule has 3 N–H and O–H groups in total. The minimum atomic E-state index is -0.206. The molecule has 0 saturated carbocycles. The zero-order chi connectivity index (χ0) is 14.0. The van der Waals surface area contributed by atoms with Gasteiger partial charge in [-0.05, 0) is 71.5 Å². The molecule has 0 radical (unpaired) electrons. The first-order valence-corrected chi connectivity index (χ1v) is 7.05. The summed E-state index contributed by atoms with van der Waals surface area (Å²) in [5, 5.41) is 3.34. The molecule has 0 spiro atoms. The summed E-state index contributed by atoms with van der Waals surface area (Å²) in [5.41, 5.74) is 8.35. The van der Waals surface area contributed by atoms with Gasteiger partial charge >= 0.3 is 0 Å². The van der Waals surface area contributed by atoms with E-state index in [9.17, 15) is 4.79 Å². The Kier molecular flexibility index (Phi) is 4.31. The highest BCUT2D eigenvalue weighted by molar-refractivity contribution is 14.1. The number of rotatable bonds is 2. The van der Waals surface area contributed by atoms with Gasteiger partial charge in [0.15, 0.2) is 0 Å². The fourth-order valence-corrected chi connectivity index (χ4v) is 2.13. The highest BCUT2D eigenvalue weighted by Crippen LogP contribution is 2.27. The lowest BCUT2D eigenvalue weighted by Gasteiger charge is -2.10. The number of hydrogen-bond acceptors (Lipinski definition) is 2. The number of nitrogens with two attached hydrogens (primary N) is 1. The molecule has 2 aromatic rings. The fourth-order valence-electron chi connectivity index (χ4n) is 1.61. The van der Waals surface area contributed by atoms with Crippen molar-refractivity contribution in [2.45, 2.75) is 6.92 Å². The Bertz CT molecular complexity index is 626. The highest BCUT2D eigenvalue weighted by Gasteiger charge is 2.09. The molecule has 0 fully saturated rings. The molecule has 0 bridgehead atoms. The summed E-state index contributed by atoms with van der Waals surface area (Å²) in [7, 11) is 0. The maximum atomic E-state index is 12.1. The molecule has 0 unspecified atom stereocenters. The molecule has 0 atom stereocenters. The van der Waals surface area contributed by atoms with Crippen molar-refractivity contribution in [1.82, 2.24) is 0 Å². The maximum absolute atomic E-state index is 12.1. The maximum Gasteiger partial charge on any atom is 0.255 e. The van der Waals surface area contributed by atoms with Gasteiger partial charge in [0.25, 0.3) is 5.91 Å². The number of amides is 1. The Hall–Kier alpha value is -1.27. The Balaban J connectivity index is 2.24. The van der Waals surface area contributed by atoms with Gasteiger partial charge in [0.2, 0.25) is 0 Å². The first-order chi connectivity index (χ1) is 8.97. The van der Waals surface area contributed by atoms with Crippen molar-refractivity contribution in [1.29, 1.82) is 0 Å². The van der Waals surface area contributed by atoms with E-state index in [-0.39, 0.29) is 5.91 Å². The molecule has 0 aliphatic heterocycles. The minimum absolute atomic E-state index is 0.206. The Morgan fingerprint density at radius 3 is 2.53 bits per heavy atom. The predicted molar refractivity (Wildman–Crippen MR) is 87.7 cm³/mol. The minimum Gasteiger partial charge on any atom is -0.397 e. The van der Waals surface area contributed by atoms with Crippen molar-refractivity contribution in [3.05, 3.63) is 56.1 Å². The number of nitrogen functional groups attached to an aromatic ring is 1. The number of aryl methyl sites for hydroxylation is 1. The van der Waals surface area contributed by atoms with Crippen LogP contribution in [0.15, 0.2) is 36.4 Å². The van der Waals surface area contributed by atoms with Crippen LogP contribution < -0.4 is 11.1 Å². The molecule has 98 valence electrons. The molecule has 0 aliphatic carbocycles. The van der Waals surface area contributed by atoms with Crippen LogP contribution in [0.25, 0.3) is 0 Å². The van der Waals surface area contributed by atoms with Crippen LogP contribution in [-0.2, 0) is 0 Å². The highest BCUT2D eigenvalue weighted by atomic mass is 127. The lowest BCUT2D eigenvalue weighted by Crippen LogP contribution is -2.13. The molecule has 0 saturated heterocycles. The number of hydrogen-bond donors (Lipinski definition) is 2. The van der Waals surface area contributed by atoms with Crippen LogP contribution in [0.5, 0.6) is 0 Å². The summed E-state index contributed by atoms with van der Waals surface area (Å²) in [6, 6.07) is 10.7. The topological polar surface area (TPSA) is 55.1 Å². The quantitative estimate of drug-likeness (QED) is 0.603. The summed E-state index contributed by atoms with van der Waals surface area (Å²) in [4.78, 5) is 12.1. The van der Waals surface area contributed by atoms with E-state index >= 15 is 0 Å². The molecule has 3 nitrogen and oxygen atoms in total. The molecule has 1 amide bonds. The zero-order valence-corrected chi connectivity index (χ0v) is 13.1. The van der Waals surface area contributed by atoms with Crippen LogP contribution in [0.3, 0.4) is 0 Å². The fraction of sp³-hybridized carbons (Fsp3) is 0.0714. The van der Waals surface area contributed by atoms with Crippen LogP contribution in [0.2, 0.25) is 5.02 Å². The van der Waals surface area contributed by atoms with Crippen molar-refractivity contribution in [3.8, 4) is 0 Å². The van der Waals surface area contributed by atoms with Gasteiger partial charge in [-0.3, -0.25) is 4.79 Å². The molecule has 0 aliphatic rings. The van der Waals surface area contributed by atoms with Crippen LogP contribution in [0.1, 0.15) is 15.9 Å². The second kappa shape index (κ2) is 5.79. The van der Waals surface area contributed by atoms with E-state index in [4.69, 9.17) is 17.3 Å². The van der Waals surface area contributed by atoms with E-state index in [1.165, 1.54) is 0 Å². The first-order valence-electron chi connectivity index (χ1n) is 5.60. The van der Waals surface area contributed by atoms with E-state index in [1.54, 1.807) is 24.3 Å². The van der Waals surface area contributed by atoms with E-state index < -0.39 is 0 Å². The van der Waals surface area contributed by atoms with Gasteiger partial charge in [0.05, 0.1) is 11.4 Å². The second-order valence-electron chi connectivity index (χ2n) is 4.15. The summed E-state index contributed by atoms with van der Waals surface area (Å²) < 4.78 is 1.08. The normalized spacial score (nSPS) is 10.3. The predicted octanol–water partition coefficient (Wildman–Crippen LogP) is 4.09. The van der Waals surface area contributed by atoms with E-state index in [0.717, 1.165) is 9.13 Å². The van der Waals surface area contributed by atoms with Gasteiger partial charge < -0.3 is 11.1 Å². The summed E-state index contributed by atoms with van der Waals surface area (Å²) in [5.74, 6) is -0.206. The van der Waals surface area contributed by atoms with Crippen LogP contribution in [0, 0.1) is 10.5 Å². The number of carbonyl (C=O) groups excluding carboxylic acids is 1. The van der Waals surface area contributed by atoms with Crippen molar-refractivity contribution in [2.24, 2.45) is 0 Å². The first kappa shape index (κ1) is 14.1. The monoisotopic (exact) mass is 386 g/mol. The largest absolute Gasteiger partial charge is 0.397 e. The molecular weight excluding hydrogens is 375 g/mol. The Labute approximate surface area is 130 Å². The molecule has 0 heterocycles. The third-order valence-electron chi connectivity index (χ3n) is 2.69. The second-order valence-corrected chi connectivity index (χ2v) is 5.80. The van der Waals surface area contributed by atoms with Gasteiger partial charge in [0, 0.05) is 14.2 Å². The van der Waals surface area contributed by atoms with E-state index in [2.05, 4.69) is 27.9 Å². The standard InChI is InChI=1S/C14H12ClIN2O/c1-8-6-12(17)13(7-11(8)15)18-14(19)9-2-4-10(16)5-3-9/h2-7H,17H2,1H3,(H,18,19). The summed E-state index contributed by atoms with van der Waals surface area (Å²) in [6.07, 6.45) is 0. The van der Waals surface area contributed by atoms with E-state index in [1.807, 2.05) is 19.1 Å². The smallest absolute Gasteiger partial charge is 0.255 e. The lowest BCUT2D eigenvalue weighted by molar-refractivity contribution is 0.102. The van der Waals surface area contributed by atoms with Crippen LogP contribution >= 0.6 is 34.2 Å².